The summed E-state index contributed by atoms with van der Waals surface area (Å²) < 4.78 is 19.6. The molecule has 4 aromatic rings. The molecule has 0 saturated carbocycles. The molecule has 5 rings (SSSR count). The molecule has 1 aliphatic rings. The number of ether oxygens (including phenoxy) is 1. The SMILES string of the molecule is O=C(c1ccc(Cl)cc1)c1sc2cc(O)ccc2c1Oc1ccc(CCN2CC(CF)C2)cc1. The first-order valence-electron chi connectivity index (χ1n) is 11.1. The third-order valence-corrected chi connectivity index (χ3v) is 7.44. The summed E-state index contributed by atoms with van der Waals surface area (Å²) in [5, 5.41) is 11.3. The fourth-order valence-corrected chi connectivity index (χ4v) is 5.38. The fraction of sp³-hybridized carbons (Fsp3) is 0.222. The number of hydrogen-bond donors (Lipinski definition) is 1. The molecule has 1 aliphatic heterocycles. The minimum Gasteiger partial charge on any atom is -0.508 e. The van der Waals surface area contributed by atoms with Gasteiger partial charge in [0, 0.05) is 46.2 Å². The van der Waals surface area contributed by atoms with E-state index in [1.165, 1.54) is 16.9 Å². The second-order valence-corrected chi connectivity index (χ2v) is 10.0. The van der Waals surface area contributed by atoms with Crippen LogP contribution in [0.15, 0.2) is 66.7 Å². The zero-order chi connectivity index (χ0) is 23.7. The van der Waals surface area contributed by atoms with Gasteiger partial charge in [0.15, 0.2) is 5.75 Å². The van der Waals surface area contributed by atoms with Crippen LogP contribution < -0.4 is 4.74 Å². The van der Waals surface area contributed by atoms with Crippen LogP contribution in [0.5, 0.6) is 17.2 Å². The molecule has 1 fully saturated rings. The van der Waals surface area contributed by atoms with Crippen molar-refractivity contribution in [2.24, 2.45) is 5.92 Å². The first-order chi connectivity index (χ1) is 16.5. The lowest BCUT2D eigenvalue weighted by Crippen LogP contribution is -2.48. The Morgan fingerprint density at radius 2 is 1.82 bits per heavy atom. The van der Waals surface area contributed by atoms with Gasteiger partial charge in [0.1, 0.15) is 16.4 Å². The number of benzene rings is 3. The van der Waals surface area contributed by atoms with E-state index in [9.17, 15) is 14.3 Å². The molecule has 34 heavy (non-hydrogen) atoms. The largest absolute Gasteiger partial charge is 0.508 e. The average Bonchev–Trinajstić information content (AvgIpc) is 3.16. The van der Waals surface area contributed by atoms with Gasteiger partial charge in [-0.1, -0.05) is 23.7 Å². The van der Waals surface area contributed by atoms with E-state index in [0.29, 0.717) is 27.0 Å². The highest BCUT2D eigenvalue weighted by Crippen LogP contribution is 2.42. The van der Waals surface area contributed by atoms with E-state index in [4.69, 9.17) is 16.3 Å². The molecule has 0 bridgehead atoms. The number of rotatable bonds is 8. The van der Waals surface area contributed by atoms with Crippen molar-refractivity contribution in [3.63, 3.8) is 0 Å². The van der Waals surface area contributed by atoms with E-state index in [2.05, 4.69) is 4.90 Å². The number of fused-ring (bicyclic) bond motifs is 1. The van der Waals surface area contributed by atoms with E-state index in [-0.39, 0.29) is 24.1 Å². The van der Waals surface area contributed by atoms with Gasteiger partial charge in [0.05, 0.1) is 6.67 Å². The monoisotopic (exact) mass is 495 g/mol. The molecule has 0 spiro atoms. The number of carbonyl (C=O) groups is 1. The van der Waals surface area contributed by atoms with Gasteiger partial charge in [-0.25, -0.2) is 0 Å². The molecule has 2 heterocycles. The van der Waals surface area contributed by atoms with Crippen molar-refractivity contribution < 1.29 is 19.0 Å². The van der Waals surface area contributed by atoms with E-state index < -0.39 is 0 Å². The molecule has 1 saturated heterocycles. The van der Waals surface area contributed by atoms with Crippen molar-refractivity contribution in [2.75, 3.05) is 26.3 Å². The summed E-state index contributed by atoms with van der Waals surface area (Å²) in [6.45, 7) is 2.35. The van der Waals surface area contributed by atoms with Crippen LogP contribution in [0, 0.1) is 5.92 Å². The molecule has 0 unspecified atom stereocenters. The Bertz CT molecular complexity index is 1310. The normalized spacial score (nSPS) is 14.3. The number of alkyl halides is 1. The second-order valence-electron chi connectivity index (χ2n) is 8.55. The molecule has 174 valence electrons. The Morgan fingerprint density at radius 1 is 1.09 bits per heavy atom. The fourth-order valence-electron chi connectivity index (χ4n) is 4.13. The van der Waals surface area contributed by atoms with Crippen molar-refractivity contribution in [3.8, 4) is 17.2 Å². The number of carbonyl (C=O) groups excluding carboxylic acids is 1. The number of likely N-dealkylation sites (tertiary alicyclic amines) is 1. The van der Waals surface area contributed by atoms with Gasteiger partial charge in [0.2, 0.25) is 5.78 Å². The van der Waals surface area contributed by atoms with Crippen LogP contribution in [0.2, 0.25) is 5.02 Å². The maximum atomic E-state index is 13.3. The number of aromatic hydroxyl groups is 1. The number of thiophene rings is 1. The summed E-state index contributed by atoms with van der Waals surface area (Å²) >= 11 is 7.27. The number of phenols is 1. The van der Waals surface area contributed by atoms with E-state index in [1.54, 1.807) is 42.5 Å². The van der Waals surface area contributed by atoms with Crippen molar-refractivity contribution in [1.82, 2.24) is 4.90 Å². The highest BCUT2D eigenvalue weighted by molar-refractivity contribution is 7.21. The topological polar surface area (TPSA) is 49.8 Å². The Hall–Kier alpha value is -2.93. The first-order valence-corrected chi connectivity index (χ1v) is 12.3. The molecule has 0 radical (unpaired) electrons. The van der Waals surface area contributed by atoms with Crippen LogP contribution >= 0.6 is 22.9 Å². The molecular weight excluding hydrogens is 473 g/mol. The van der Waals surface area contributed by atoms with Gasteiger partial charge in [-0.3, -0.25) is 9.18 Å². The smallest absolute Gasteiger partial charge is 0.206 e. The van der Waals surface area contributed by atoms with Gasteiger partial charge in [-0.15, -0.1) is 11.3 Å². The molecule has 0 atom stereocenters. The zero-order valence-corrected chi connectivity index (χ0v) is 19.9. The van der Waals surface area contributed by atoms with Crippen LogP contribution in [-0.4, -0.2) is 42.1 Å². The summed E-state index contributed by atoms with van der Waals surface area (Å²) in [6, 6.07) is 19.6. The van der Waals surface area contributed by atoms with E-state index >= 15 is 0 Å². The van der Waals surface area contributed by atoms with Crippen molar-refractivity contribution in [1.29, 1.82) is 0 Å². The molecule has 4 nitrogen and oxygen atoms in total. The highest BCUT2D eigenvalue weighted by atomic mass is 35.5. The molecule has 7 heteroatoms. The van der Waals surface area contributed by atoms with Gasteiger partial charge >= 0.3 is 0 Å². The number of phenolic OH excluding ortho intramolecular Hbond substituents is 1. The number of halogens is 2. The third-order valence-electron chi connectivity index (χ3n) is 6.05. The number of ketones is 1. The maximum absolute atomic E-state index is 13.3. The second kappa shape index (κ2) is 9.74. The zero-order valence-electron chi connectivity index (χ0n) is 18.3. The van der Waals surface area contributed by atoms with Gasteiger partial charge in [-0.2, -0.15) is 0 Å². The highest BCUT2D eigenvalue weighted by Gasteiger charge is 2.26. The third kappa shape index (κ3) is 4.80. The van der Waals surface area contributed by atoms with Crippen LogP contribution in [0.25, 0.3) is 10.1 Å². The lowest BCUT2D eigenvalue weighted by molar-refractivity contribution is 0.0824. The Kier molecular flexibility index (Phi) is 6.55. The maximum Gasteiger partial charge on any atom is 0.206 e. The minimum atomic E-state index is -0.234. The molecule has 0 amide bonds. The summed E-state index contributed by atoms with van der Waals surface area (Å²) in [7, 11) is 0. The minimum absolute atomic E-state index is 0.134. The van der Waals surface area contributed by atoms with E-state index in [0.717, 1.165) is 36.1 Å². The summed E-state index contributed by atoms with van der Waals surface area (Å²) in [5.41, 5.74) is 1.69. The molecule has 1 aromatic heterocycles. The number of nitrogens with zero attached hydrogens (tertiary/aromatic N) is 1. The van der Waals surface area contributed by atoms with Crippen LogP contribution in [-0.2, 0) is 6.42 Å². The van der Waals surface area contributed by atoms with Gasteiger partial charge in [0.25, 0.3) is 0 Å². The van der Waals surface area contributed by atoms with Crippen molar-refractivity contribution in [2.45, 2.75) is 6.42 Å². The first kappa shape index (κ1) is 22.8. The predicted molar refractivity (Wildman–Crippen MR) is 134 cm³/mol. The predicted octanol–water partition coefficient (Wildman–Crippen LogP) is 6.73. The van der Waals surface area contributed by atoms with Gasteiger partial charge < -0.3 is 14.7 Å². The summed E-state index contributed by atoms with van der Waals surface area (Å²) in [4.78, 5) is 16.0. The lowest BCUT2D eigenvalue weighted by Gasteiger charge is -2.37. The van der Waals surface area contributed by atoms with Crippen molar-refractivity contribution >= 4 is 38.8 Å². The summed E-state index contributed by atoms with van der Waals surface area (Å²) in [5.74, 6) is 1.27. The quantitative estimate of drug-likeness (QED) is 0.275. The Balaban J connectivity index is 1.37. The van der Waals surface area contributed by atoms with E-state index in [1.807, 2.05) is 24.3 Å². The van der Waals surface area contributed by atoms with Gasteiger partial charge in [-0.05, 0) is 66.6 Å². The molecule has 0 aliphatic carbocycles. The van der Waals surface area contributed by atoms with Crippen LogP contribution in [0.4, 0.5) is 4.39 Å². The average molecular weight is 496 g/mol. The molecular formula is C27H23ClFNO3S. The molecule has 3 aromatic carbocycles. The summed E-state index contributed by atoms with van der Waals surface area (Å²) in [6.07, 6.45) is 0.889. The van der Waals surface area contributed by atoms with Crippen molar-refractivity contribution in [3.05, 3.63) is 87.8 Å². The Morgan fingerprint density at radius 3 is 2.53 bits per heavy atom. The molecule has 1 N–H and O–H groups in total. The lowest BCUT2D eigenvalue weighted by atomic mass is 10.0. The Labute approximate surface area is 206 Å². The van der Waals surface area contributed by atoms with Crippen LogP contribution in [0.3, 0.4) is 0 Å². The van der Waals surface area contributed by atoms with Crippen LogP contribution in [0.1, 0.15) is 20.8 Å². The standard InChI is InChI=1S/C27H23ClFNO3S/c28-20-5-3-19(4-6-20)25(32)27-26(23-10-7-21(31)13-24(23)34-27)33-22-8-1-17(2-9-22)11-12-30-15-18(14-29)16-30/h1-10,13,18,31H,11-12,14-16H2. The number of hydrogen-bond acceptors (Lipinski definition) is 5.